The Balaban J connectivity index is 1.60. The maximum atomic E-state index is 13.4. The van der Waals surface area contributed by atoms with E-state index in [1.165, 1.54) is 6.07 Å². The summed E-state index contributed by atoms with van der Waals surface area (Å²) < 4.78 is 26.5. The molecule has 3 atom stereocenters. The van der Waals surface area contributed by atoms with E-state index in [0.29, 0.717) is 31.6 Å². The van der Waals surface area contributed by atoms with E-state index in [-0.39, 0.29) is 36.1 Å². The Morgan fingerprint density at radius 2 is 2.04 bits per heavy atom. The van der Waals surface area contributed by atoms with Crippen molar-refractivity contribution in [1.29, 1.82) is 0 Å². The van der Waals surface area contributed by atoms with Gasteiger partial charge in [-0.1, -0.05) is 6.07 Å². The Morgan fingerprint density at radius 3 is 2.77 bits per heavy atom. The maximum Gasteiger partial charge on any atom is 0.226 e. The van der Waals surface area contributed by atoms with Crippen LogP contribution in [0.5, 0.6) is 0 Å². The second-order valence-corrected chi connectivity index (χ2v) is 7.15. The van der Waals surface area contributed by atoms with E-state index >= 15 is 0 Å². The molecule has 2 fully saturated rings. The van der Waals surface area contributed by atoms with Gasteiger partial charge < -0.3 is 16.0 Å². The van der Waals surface area contributed by atoms with Crippen LogP contribution in [0, 0.1) is 17.6 Å². The van der Waals surface area contributed by atoms with Gasteiger partial charge in [-0.2, -0.15) is 0 Å². The van der Waals surface area contributed by atoms with E-state index in [2.05, 4.69) is 5.32 Å². The lowest BCUT2D eigenvalue weighted by molar-refractivity contribution is -0.137. The molecule has 1 saturated carbocycles. The molecule has 0 spiro atoms. The van der Waals surface area contributed by atoms with Crippen LogP contribution in [0.25, 0.3) is 0 Å². The lowest BCUT2D eigenvalue weighted by Gasteiger charge is -2.36. The van der Waals surface area contributed by atoms with Crippen LogP contribution in [0.2, 0.25) is 0 Å². The molecule has 1 aromatic carbocycles. The SMILES string of the molecule is NCCC(=O)NCC1CCCCN1C(=O)C1CC1c1ccc(F)c(F)c1. The molecule has 26 heavy (non-hydrogen) atoms. The number of carbonyl (C=O) groups is 2. The van der Waals surface area contributed by atoms with Crippen molar-refractivity contribution in [2.24, 2.45) is 11.7 Å². The van der Waals surface area contributed by atoms with E-state index in [9.17, 15) is 18.4 Å². The largest absolute Gasteiger partial charge is 0.354 e. The molecule has 0 radical (unpaired) electrons. The van der Waals surface area contributed by atoms with E-state index < -0.39 is 11.6 Å². The fraction of sp³-hybridized carbons (Fsp3) is 0.579. The summed E-state index contributed by atoms with van der Waals surface area (Å²) in [4.78, 5) is 26.4. The Bertz CT molecular complexity index is 683. The molecule has 3 unspecified atom stereocenters. The number of benzene rings is 1. The van der Waals surface area contributed by atoms with Crippen molar-refractivity contribution in [1.82, 2.24) is 10.2 Å². The predicted octanol–water partition coefficient (Wildman–Crippen LogP) is 1.91. The molecular formula is C19H25F2N3O2. The van der Waals surface area contributed by atoms with Gasteiger partial charge in [-0.25, -0.2) is 8.78 Å². The van der Waals surface area contributed by atoms with Gasteiger partial charge >= 0.3 is 0 Å². The zero-order chi connectivity index (χ0) is 18.7. The zero-order valence-electron chi connectivity index (χ0n) is 14.7. The molecule has 1 heterocycles. The molecular weight excluding hydrogens is 340 g/mol. The number of halogens is 2. The molecule has 5 nitrogen and oxygen atoms in total. The van der Waals surface area contributed by atoms with Crippen LogP contribution < -0.4 is 11.1 Å². The summed E-state index contributed by atoms with van der Waals surface area (Å²) >= 11 is 0. The number of nitrogens with zero attached hydrogens (tertiary/aromatic N) is 1. The van der Waals surface area contributed by atoms with Gasteiger partial charge in [-0.15, -0.1) is 0 Å². The molecule has 7 heteroatoms. The van der Waals surface area contributed by atoms with Crippen molar-refractivity contribution in [2.45, 2.75) is 44.1 Å². The van der Waals surface area contributed by atoms with Gasteiger partial charge in [0.25, 0.3) is 0 Å². The number of carbonyl (C=O) groups excluding carboxylic acids is 2. The summed E-state index contributed by atoms with van der Waals surface area (Å²) in [5, 5.41) is 2.85. The third-order valence-electron chi connectivity index (χ3n) is 5.30. The second-order valence-electron chi connectivity index (χ2n) is 7.15. The summed E-state index contributed by atoms with van der Waals surface area (Å²) in [5.74, 6) is -2.03. The van der Waals surface area contributed by atoms with Crippen LogP contribution in [0.3, 0.4) is 0 Å². The van der Waals surface area contributed by atoms with Crippen LogP contribution >= 0.6 is 0 Å². The molecule has 2 amide bonds. The molecule has 142 valence electrons. The van der Waals surface area contributed by atoms with Gasteiger partial charge in [0.2, 0.25) is 11.8 Å². The van der Waals surface area contributed by atoms with E-state index in [0.717, 1.165) is 25.3 Å². The predicted molar refractivity (Wildman–Crippen MR) is 93.2 cm³/mol. The Hall–Kier alpha value is -2.02. The van der Waals surface area contributed by atoms with Crippen molar-refractivity contribution in [3.05, 3.63) is 35.4 Å². The first-order chi connectivity index (χ1) is 12.5. The highest BCUT2D eigenvalue weighted by Gasteiger charge is 2.47. The second kappa shape index (κ2) is 8.12. The zero-order valence-corrected chi connectivity index (χ0v) is 14.7. The third-order valence-corrected chi connectivity index (χ3v) is 5.30. The fourth-order valence-electron chi connectivity index (χ4n) is 3.75. The number of likely N-dealkylation sites (tertiary alicyclic amines) is 1. The van der Waals surface area contributed by atoms with Gasteiger partial charge in [0, 0.05) is 38.0 Å². The maximum absolute atomic E-state index is 13.4. The normalized spacial score (nSPS) is 25.0. The van der Waals surface area contributed by atoms with Crippen LogP contribution in [-0.2, 0) is 9.59 Å². The number of piperidine rings is 1. The molecule has 1 aliphatic heterocycles. The number of hydrogen-bond acceptors (Lipinski definition) is 3. The third kappa shape index (κ3) is 4.20. The van der Waals surface area contributed by atoms with Gasteiger partial charge in [-0.05, 0) is 49.3 Å². The van der Waals surface area contributed by atoms with Crippen LogP contribution in [-0.4, -0.2) is 42.4 Å². The number of nitrogens with two attached hydrogens (primary N) is 1. The minimum absolute atomic E-state index is 0.0100. The van der Waals surface area contributed by atoms with E-state index in [1.54, 1.807) is 6.07 Å². The molecule has 1 aromatic rings. The van der Waals surface area contributed by atoms with Gasteiger partial charge in [0.05, 0.1) is 0 Å². The van der Waals surface area contributed by atoms with Crippen molar-refractivity contribution in [3.63, 3.8) is 0 Å². The van der Waals surface area contributed by atoms with Gasteiger partial charge in [-0.3, -0.25) is 9.59 Å². The Kier molecular flexibility index (Phi) is 5.86. The summed E-state index contributed by atoms with van der Waals surface area (Å²) in [7, 11) is 0. The molecule has 0 aromatic heterocycles. The first-order valence-corrected chi connectivity index (χ1v) is 9.23. The lowest BCUT2D eigenvalue weighted by Crippen LogP contribution is -2.50. The average Bonchev–Trinajstić information content (AvgIpc) is 3.43. The van der Waals surface area contributed by atoms with Crippen LogP contribution in [0.4, 0.5) is 8.78 Å². The average molecular weight is 365 g/mol. The monoisotopic (exact) mass is 365 g/mol. The minimum atomic E-state index is -0.876. The molecule has 2 aliphatic rings. The highest BCUT2D eigenvalue weighted by atomic mass is 19.2. The summed E-state index contributed by atoms with van der Waals surface area (Å²) in [6, 6.07) is 3.84. The first kappa shape index (κ1) is 18.8. The fourth-order valence-corrected chi connectivity index (χ4v) is 3.75. The number of hydrogen-bond donors (Lipinski definition) is 2. The standard InChI is InChI=1S/C19H25F2N3O2/c20-16-5-4-12(9-17(16)21)14-10-15(14)19(26)24-8-2-1-3-13(24)11-23-18(25)6-7-22/h4-5,9,13-15H,1-3,6-8,10-11,22H2,(H,23,25). The number of nitrogens with one attached hydrogen (secondary N) is 1. The molecule has 1 saturated heterocycles. The van der Waals surface area contributed by atoms with Crippen molar-refractivity contribution in [3.8, 4) is 0 Å². The summed E-state index contributed by atoms with van der Waals surface area (Å²) in [6.45, 7) is 1.42. The molecule has 3 N–H and O–H groups in total. The molecule has 1 aliphatic carbocycles. The minimum Gasteiger partial charge on any atom is -0.354 e. The number of amides is 2. The van der Waals surface area contributed by atoms with Crippen LogP contribution in [0.1, 0.15) is 43.6 Å². The van der Waals surface area contributed by atoms with Crippen LogP contribution in [0.15, 0.2) is 18.2 Å². The van der Waals surface area contributed by atoms with E-state index in [1.807, 2.05) is 4.90 Å². The van der Waals surface area contributed by atoms with E-state index in [4.69, 9.17) is 5.73 Å². The van der Waals surface area contributed by atoms with Gasteiger partial charge in [0.15, 0.2) is 11.6 Å². The highest BCUT2D eigenvalue weighted by molar-refractivity contribution is 5.83. The van der Waals surface area contributed by atoms with Crippen molar-refractivity contribution in [2.75, 3.05) is 19.6 Å². The Morgan fingerprint density at radius 1 is 1.23 bits per heavy atom. The Labute approximate surface area is 151 Å². The van der Waals surface area contributed by atoms with Gasteiger partial charge in [0.1, 0.15) is 0 Å². The quantitative estimate of drug-likeness (QED) is 0.809. The molecule has 3 rings (SSSR count). The van der Waals surface area contributed by atoms with Crippen molar-refractivity contribution >= 4 is 11.8 Å². The number of rotatable bonds is 6. The smallest absolute Gasteiger partial charge is 0.226 e. The topological polar surface area (TPSA) is 75.4 Å². The summed E-state index contributed by atoms with van der Waals surface area (Å²) in [6.07, 6.45) is 3.77. The van der Waals surface area contributed by atoms with Crippen molar-refractivity contribution < 1.29 is 18.4 Å². The first-order valence-electron chi connectivity index (χ1n) is 9.23. The molecule has 0 bridgehead atoms. The highest BCUT2D eigenvalue weighted by Crippen LogP contribution is 2.49. The lowest BCUT2D eigenvalue weighted by atomic mass is 10.0. The summed E-state index contributed by atoms with van der Waals surface area (Å²) in [5.41, 5.74) is 6.05.